The minimum atomic E-state index is -0.546. The first kappa shape index (κ1) is 18.7. The van der Waals surface area contributed by atoms with Gasteiger partial charge in [-0.15, -0.1) is 0 Å². The van der Waals surface area contributed by atoms with Gasteiger partial charge in [0.05, 0.1) is 5.02 Å². The molecule has 0 radical (unpaired) electrons. The number of rotatable bonds is 6. The summed E-state index contributed by atoms with van der Waals surface area (Å²) in [4.78, 5) is 26.6. The molecule has 0 spiro atoms. The van der Waals surface area contributed by atoms with E-state index in [1.54, 1.807) is 18.5 Å². The number of carbonyl (C=O) groups excluding carboxylic acids is 1. The summed E-state index contributed by atoms with van der Waals surface area (Å²) in [5.41, 5.74) is 1.76. The Morgan fingerprint density at radius 2 is 1.96 bits per heavy atom. The predicted molar refractivity (Wildman–Crippen MR) is 103 cm³/mol. The molecule has 2 heterocycles. The summed E-state index contributed by atoms with van der Waals surface area (Å²) in [5, 5.41) is 2.58. The Balaban J connectivity index is 1.66. The van der Waals surface area contributed by atoms with Crippen LogP contribution in [0.1, 0.15) is 16.1 Å². The fraction of sp³-hybridized carbons (Fsp3) is 0.158. The zero-order valence-corrected chi connectivity index (χ0v) is 15.3. The molecule has 0 aliphatic heterocycles. The van der Waals surface area contributed by atoms with Gasteiger partial charge in [0, 0.05) is 37.7 Å². The summed E-state index contributed by atoms with van der Waals surface area (Å²) in [5.74, 6) is -0.347. The molecule has 0 unspecified atom stereocenters. The third-order valence-electron chi connectivity index (χ3n) is 3.94. The third-order valence-corrected chi connectivity index (χ3v) is 4.23. The van der Waals surface area contributed by atoms with Crippen LogP contribution in [0.4, 0.5) is 15.9 Å². The van der Waals surface area contributed by atoms with Crippen LogP contribution in [0.25, 0.3) is 0 Å². The van der Waals surface area contributed by atoms with E-state index < -0.39 is 11.7 Å². The highest BCUT2D eigenvalue weighted by Crippen LogP contribution is 2.20. The molecular formula is C19H17ClFN5O. The maximum Gasteiger partial charge on any atom is 0.274 e. The maximum absolute atomic E-state index is 13.2. The molecule has 6 nitrogen and oxygen atoms in total. The molecule has 1 amide bonds. The Bertz CT molecular complexity index is 938. The minimum Gasteiger partial charge on any atom is -0.359 e. The van der Waals surface area contributed by atoms with Crippen LogP contribution < -0.4 is 10.2 Å². The number of carbonyl (C=O) groups is 1. The number of anilines is 2. The number of halogens is 2. The number of aromatic nitrogens is 3. The number of nitrogens with one attached hydrogen (secondary N) is 1. The van der Waals surface area contributed by atoms with Crippen molar-refractivity contribution in [2.75, 3.05) is 23.8 Å². The molecule has 0 aliphatic carbocycles. The Labute approximate surface area is 161 Å². The molecule has 0 atom stereocenters. The van der Waals surface area contributed by atoms with Crippen molar-refractivity contribution in [3.05, 3.63) is 77.2 Å². The molecule has 0 bridgehead atoms. The van der Waals surface area contributed by atoms with E-state index in [1.165, 1.54) is 24.5 Å². The van der Waals surface area contributed by atoms with Crippen molar-refractivity contribution in [3.63, 3.8) is 0 Å². The van der Waals surface area contributed by atoms with Crippen LogP contribution in [-0.2, 0) is 6.42 Å². The van der Waals surface area contributed by atoms with Gasteiger partial charge in [0.1, 0.15) is 23.7 Å². The van der Waals surface area contributed by atoms with Crippen molar-refractivity contribution < 1.29 is 9.18 Å². The Morgan fingerprint density at radius 1 is 1.19 bits per heavy atom. The lowest BCUT2D eigenvalue weighted by Gasteiger charge is -2.18. The van der Waals surface area contributed by atoms with Crippen LogP contribution in [0.3, 0.4) is 0 Å². The second-order valence-electron chi connectivity index (χ2n) is 5.87. The number of likely N-dealkylation sites (N-methyl/N-ethyl adjacent to an activating group) is 1. The van der Waals surface area contributed by atoms with Crippen molar-refractivity contribution in [2.24, 2.45) is 0 Å². The average molecular weight is 386 g/mol. The molecule has 1 N–H and O–H groups in total. The lowest BCUT2D eigenvalue weighted by atomic mass is 10.2. The van der Waals surface area contributed by atoms with Crippen LogP contribution in [0.5, 0.6) is 0 Å². The number of hydrogen-bond acceptors (Lipinski definition) is 5. The Kier molecular flexibility index (Phi) is 5.93. The van der Waals surface area contributed by atoms with Gasteiger partial charge in [-0.25, -0.2) is 14.4 Å². The van der Waals surface area contributed by atoms with Crippen molar-refractivity contribution in [2.45, 2.75) is 6.42 Å². The van der Waals surface area contributed by atoms with E-state index in [2.05, 4.69) is 20.3 Å². The standard InChI is InChI=1S/C19H17ClFN5O/c1-26(9-6-13-4-7-22-8-5-13)18-11-17(23-12-24-18)19(27)25-14-2-3-16(21)15(20)10-14/h2-5,7-8,10-12H,6,9H2,1H3,(H,25,27). The highest BCUT2D eigenvalue weighted by molar-refractivity contribution is 6.31. The molecule has 3 rings (SSSR count). The van der Waals surface area contributed by atoms with E-state index in [4.69, 9.17) is 11.6 Å². The van der Waals surface area contributed by atoms with Crippen molar-refractivity contribution >= 4 is 29.0 Å². The average Bonchev–Trinajstić information content (AvgIpc) is 2.70. The smallest absolute Gasteiger partial charge is 0.274 e. The number of pyridine rings is 1. The van der Waals surface area contributed by atoms with Gasteiger partial charge in [-0.3, -0.25) is 9.78 Å². The summed E-state index contributed by atoms with van der Waals surface area (Å²) in [7, 11) is 1.89. The van der Waals surface area contributed by atoms with E-state index in [0.717, 1.165) is 18.5 Å². The first-order valence-corrected chi connectivity index (χ1v) is 8.59. The van der Waals surface area contributed by atoms with Crippen LogP contribution >= 0.6 is 11.6 Å². The first-order valence-electron chi connectivity index (χ1n) is 8.21. The fourth-order valence-electron chi connectivity index (χ4n) is 2.41. The monoisotopic (exact) mass is 385 g/mol. The number of nitrogens with zero attached hydrogens (tertiary/aromatic N) is 4. The minimum absolute atomic E-state index is 0.0629. The van der Waals surface area contributed by atoms with E-state index in [9.17, 15) is 9.18 Å². The quantitative estimate of drug-likeness (QED) is 0.702. The molecule has 0 aliphatic rings. The van der Waals surface area contributed by atoms with Crippen LogP contribution in [0.2, 0.25) is 5.02 Å². The van der Waals surface area contributed by atoms with E-state index in [-0.39, 0.29) is 10.7 Å². The predicted octanol–water partition coefficient (Wildman–Crippen LogP) is 3.60. The Hall–Kier alpha value is -3.06. The number of amides is 1. The van der Waals surface area contributed by atoms with Gasteiger partial charge in [-0.05, 0) is 42.3 Å². The van der Waals surface area contributed by atoms with Crippen LogP contribution in [0, 0.1) is 5.82 Å². The summed E-state index contributed by atoms with van der Waals surface area (Å²) in [6.45, 7) is 0.718. The number of hydrogen-bond donors (Lipinski definition) is 1. The third kappa shape index (κ3) is 4.98. The molecule has 8 heteroatoms. The fourth-order valence-corrected chi connectivity index (χ4v) is 2.59. The highest BCUT2D eigenvalue weighted by Gasteiger charge is 2.12. The highest BCUT2D eigenvalue weighted by atomic mass is 35.5. The largest absolute Gasteiger partial charge is 0.359 e. The van der Waals surface area contributed by atoms with Gasteiger partial charge in [-0.2, -0.15) is 0 Å². The van der Waals surface area contributed by atoms with E-state index in [0.29, 0.717) is 11.5 Å². The zero-order valence-electron chi connectivity index (χ0n) is 14.6. The molecule has 1 aromatic carbocycles. The summed E-state index contributed by atoms with van der Waals surface area (Å²) in [6, 6.07) is 9.49. The molecule has 2 aromatic heterocycles. The molecule has 0 fully saturated rings. The molecular weight excluding hydrogens is 369 g/mol. The zero-order chi connectivity index (χ0) is 19.2. The van der Waals surface area contributed by atoms with Gasteiger partial charge in [-0.1, -0.05) is 11.6 Å². The van der Waals surface area contributed by atoms with Gasteiger partial charge < -0.3 is 10.2 Å². The molecule has 3 aromatic rings. The van der Waals surface area contributed by atoms with Gasteiger partial charge in [0.2, 0.25) is 0 Å². The number of benzene rings is 1. The van der Waals surface area contributed by atoms with Crippen molar-refractivity contribution in [1.82, 2.24) is 15.0 Å². The second-order valence-corrected chi connectivity index (χ2v) is 6.28. The normalized spacial score (nSPS) is 10.5. The Morgan fingerprint density at radius 3 is 2.70 bits per heavy atom. The van der Waals surface area contributed by atoms with Gasteiger partial charge >= 0.3 is 0 Å². The lowest BCUT2D eigenvalue weighted by molar-refractivity contribution is 0.102. The summed E-state index contributed by atoms with van der Waals surface area (Å²) in [6.07, 6.45) is 5.66. The summed E-state index contributed by atoms with van der Waals surface area (Å²) < 4.78 is 13.2. The first-order chi connectivity index (χ1) is 13.0. The molecule has 27 heavy (non-hydrogen) atoms. The van der Waals surface area contributed by atoms with Crippen molar-refractivity contribution in [1.29, 1.82) is 0 Å². The lowest BCUT2D eigenvalue weighted by Crippen LogP contribution is -2.23. The van der Waals surface area contributed by atoms with Crippen LogP contribution in [0.15, 0.2) is 55.1 Å². The molecule has 138 valence electrons. The van der Waals surface area contributed by atoms with Gasteiger partial charge in [0.15, 0.2) is 0 Å². The van der Waals surface area contributed by atoms with E-state index in [1.807, 2.05) is 24.1 Å². The second kappa shape index (κ2) is 8.55. The SMILES string of the molecule is CN(CCc1ccncc1)c1cc(C(=O)Nc2ccc(F)c(Cl)c2)ncn1. The molecule has 0 saturated carbocycles. The van der Waals surface area contributed by atoms with Gasteiger partial charge in [0.25, 0.3) is 5.91 Å². The van der Waals surface area contributed by atoms with Crippen LogP contribution in [-0.4, -0.2) is 34.5 Å². The van der Waals surface area contributed by atoms with Crippen molar-refractivity contribution in [3.8, 4) is 0 Å². The van der Waals surface area contributed by atoms with E-state index >= 15 is 0 Å². The topological polar surface area (TPSA) is 71.0 Å². The summed E-state index contributed by atoms with van der Waals surface area (Å²) >= 11 is 5.73. The molecule has 0 saturated heterocycles. The maximum atomic E-state index is 13.2.